The number of ether oxygens (including phenoxy) is 3. The Kier molecular flexibility index (Phi) is 5.39. The Morgan fingerprint density at radius 2 is 1.79 bits per heavy atom. The number of nitrogens with one attached hydrogen (secondary N) is 3. The van der Waals surface area contributed by atoms with Gasteiger partial charge in [0, 0.05) is 28.2 Å². The van der Waals surface area contributed by atoms with Crippen molar-refractivity contribution in [2.45, 2.75) is 6.92 Å². The minimum atomic E-state index is -0.557. The Labute approximate surface area is 161 Å². The van der Waals surface area contributed by atoms with E-state index in [1.807, 2.05) is 0 Å². The maximum absolute atomic E-state index is 12.5. The molecule has 0 fully saturated rings. The summed E-state index contributed by atoms with van der Waals surface area (Å²) in [6.45, 7) is 1.76. The summed E-state index contributed by atoms with van der Waals surface area (Å²) in [5.74, 6) is 1.61. The number of fused-ring (bicyclic) bond motifs is 1. The van der Waals surface area contributed by atoms with Gasteiger partial charge in [-0.05, 0) is 31.2 Å². The summed E-state index contributed by atoms with van der Waals surface area (Å²) in [4.78, 5) is 27.7. The van der Waals surface area contributed by atoms with Crippen LogP contribution in [0.3, 0.4) is 0 Å². The summed E-state index contributed by atoms with van der Waals surface area (Å²) in [5.41, 5.74) is 0.832. The number of amides is 2. The maximum Gasteiger partial charge on any atom is 0.323 e. The van der Waals surface area contributed by atoms with Crippen LogP contribution >= 0.6 is 0 Å². The fourth-order valence-electron chi connectivity index (χ4n) is 3.03. The van der Waals surface area contributed by atoms with Crippen LogP contribution in [0.4, 0.5) is 16.2 Å². The summed E-state index contributed by atoms with van der Waals surface area (Å²) in [6, 6.07) is 9.74. The number of carbonyl (C=O) groups is 1. The average molecular weight is 383 g/mol. The van der Waals surface area contributed by atoms with Crippen molar-refractivity contribution in [3.8, 4) is 17.2 Å². The SMILES string of the molecule is COc1cccc(NC(=O)Nc2c(=O)[nH]c(C)c3c(OC)c(OC)ccc23)c1. The van der Waals surface area contributed by atoms with E-state index in [4.69, 9.17) is 14.2 Å². The van der Waals surface area contributed by atoms with Crippen molar-refractivity contribution in [2.24, 2.45) is 0 Å². The second kappa shape index (κ2) is 7.91. The van der Waals surface area contributed by atoms with Gasteiger partial charge in [-0.2, -0.15) is 0 Å². The fourth-order valence-corrected chi connectivity index (χ4v) is 3.03. The third-order valence-corrected chi connectivity index (χ3v) is 4.28. The van der Waals surface area contributed by atoms with Gasteiger partial charge in [0.1, 0.15) is 11.4 Å². The van der Waals surface area contributed by atoms with Gasteiger partial charge in [0.25, 0.3) is 5.56 Å². The van der Waals surface area contributed by atoms with E-state index in [2.05, 4.69) is 15.6 Å². The Hall–Kier alpha value is -3.68. The van der Waals surface area contributed by atoms with Gasteiger partial charge in [0.15, 0.2) is 11.5 Å². The molecule has 0 aliphatic carbocycles. The maximum atomic E-state index is 12.5. The molecule has 8 nitrogen and oxygen atoms in total. The minimum absolute atomic E-state index is 0.113. The lowest BCUT2D eigenvalue weighted by molar-refractivity contribution is 0.262. The summed E-state index contributed by atoms with van der Waals surface area (Å²) in [6.07, 6.45) is 0. The summed E-state index contributed by atoms with van der Waals surface area (Å²) in [7, 11) is 4.59. The zero-order chi connectivity index (χ0) is 20.3. The van der Waals surface area contributed by atoms with E-state index in [0.29, 0.717) is 39.4 Å². The van der Waals surface area contributed by atoms with Gasteiger partial charge in [0.05, 0.1) is 21.3 Å². The number of benzene rings is 2. The molecule has 1 aromatic heterocycles. The van der Waals surface area contributed by atoms with E-state index in [1.165, 1.54) is 14.2 Å². The lowest BCUT2D eigenvalue weighted by Crippen LogP contribution is -2.25. The summed E-state index contributed by atoms with van der Waals surface area (Å²) in [5, 5.41) is 6.50. The van der Waals surface area contributed by atoms with Crippen molar-refractivity contribution in [3.05, 3.63) is 52.4 Å². The van der Waals surface area contributed by atoms with Crippen molar-refractivity contribution in [2.75, 3.05) is 32.0 Å². The number of urea groups is 1. The van der Waals surface area contributed by atoms with Gasteiger partial charge in [-0.25, -0.2) is 4.79 Å². The molecule has 0 radical (unpaired) electrons. The number of hydrogen-bond acceptors (Lipinski definition) is 5. The van der Waals surface area contributed by atoms with Crippen LogP contribution in [0, 0.1) is 6.92 Å². The molecule has 0 aliphatic heterocycles. The molecule has 3 rings (SSSR count). The number of aryl methyl sites for hydroxylation is 1. The second-order valence-corrected chi connectivity index (χ2v) is 5.99. The highest BCUT2D eigenvalue weighted by atomic mass is 16.5. The van der Waals surface area contributed by atoms with Crippen LogP contribution in [0.5, 0.6) is 17.2 Å². The largest absolute Gasteiger partial charge is 0.497 e. The Balaban J connectivity index is 2.00. The molecule has 8 heteroatoms. The summed E-state index contributed by atoms with van der Waals surface area (Å²) < 4.78 is 15.9. The van der Waals surface area contributed by atoms with E-state index in [-0.39, 0.29) is 5.69 Å². The highest BCUT2D eigenvalue weighted by Gasteiger charge is 2.18. The number of hydrogen-bond donors (Lipinski definition) is 3. The van der Waals surface area contributed by atoms with Crippen LogP contribution < -0.4 is 30.4 Å². The number of aromatic nitrogens is 1. The predicted molar refractivity (Wildman–Crippen MR) is 108 cm³/mol. The van der Waals surface area contributed by atoms with Gasteiger partial charge in [-0.3, -0.25) is 4.79 Å². The molecular weight excluding hydrogens is 362 g/mol. The average Bonchev–Trinajstić information content (AvgIpc) is 2.70. The first-order valence-corrected chi connectivity index (χ1v) is 8.48. The number of H-pyrrole nitrogens is 1. The molecule has 3 aromatic rings. The lowest BCUT2D eigenvalue weighted by atomic mass is 10.1. The van der Waals surface area contributed by atoms with Crippen LogP contribution in [0.25, 0.3) is 10.8 Å². The van der Waals surface area contributed by atoms with E-state index >= 15 is 0 Å². The van der Waals surface area contributed by atoms with E-state index in [1.54, 1.807) is 50.4 Å². The predicted octanol–water partition coefficient (Wildman–Crippen LogP) is 3.51. The van der Waals surface area contributed by atoms with Crippen molar-refractivity contribution in [1.29, 1.82) is 0 Å². The number of aromatic amines is 1. The summed E-state index contributed by atoms with van der Waals surface area (Å²) >= 11 is 0. The molecule has 0 aliphatic rings. The van der Waals surface area contributed by atoms with Crippen molar-refractivity contribution < 1.29 is 19.0 Å². The molecule has 28 heavy (non-hydrogen) atoms. The van der Waals surface area contributed by atoms with Gasteiger partial charge in [-0.15, -0.1) is 0 Å². The molecular formula is C20H21N3O5. The van der Waals surface area contributed by atoms with E-state index < -0.39 is 11.6 Å². The van der Waals surface area contributed by atoms with Gasteiger partial charge < -0.3 is 29.8 Å². The Morgan fingerprint density at radius 1 is 1.00 bits per heavy atom. The number of anilines is 2. The van der Waals surface area contributed by atoms with Gasteiger partial charge in [0.2, 0.25) is 0 Å². The molecule has 2 amide bonds. The molecule has 146 valence electrons. The number of methoxy groups -OCH3 is 3. The third kappa shape index (κ3) is 3.57. The molecule has 0 unspecified atom stereocenters. The third-order valence-electron chi connectivity index (χ3n) is 4.28. The Morgan fingerprint density at radius 3 is 2.46 bits per heavy atom. The smallest absolute Gasteiger partial charge is 0.323 e. The van der Waals surface area contributed by atoms with Crippen molar-refractivity contribution >= 4 is 28.2 Å². The standard InChI is InChI=1S/C20H21N3O5/c1-11-16-14(8-9-15(27-3)18(16)28-4)17(19(24)21-11)23-20(25)22-12-6-5-7-13(10-12)26-2/h5-10H,1-4H3,(H,21,24)(H2,22,23,25). The van der Waals surface area contributed by atoms with Crippen molar-refractivity contribution in [3.63, 3.8) is 0 Å². The molecule has 0 saturated heterocycles. The fraction of sp³-hybridized carbons (Fsp3) is 0.200. The topological polar surface area (TPSA) is 102 Å². The quantitative estimate of drug-likeness (QED) is 0.626. The van der Waals surface area contributed by atoms with Crippen molar-refractivity contribution in [1.82, 2.24) is 4.98 Å². The molecule has 3 N–H and O–H groups in total. The second-order valence-electron chi connectivity index (χ2n) is 5.99. The lowest BCUT2D eigenvalue weighted by Gasteiger charge is -2.15. The molecule has 0 atom stereocenters. The zero-order valence-corrected chi connectivity index (χ0v) is 16.0. The highest BCUT2D eigenvalue weighted by Crippen LogP contribution is 2.38. The highest BCUT2D eigenvalue weighted by molar-refractivity contribution is 6.08. The first-order valence-electron chi connectivity index (χ1n) is 8.48. The van der Waals surface area contributed by atoms with Gasteiger partial charge in [-0.1, -0.05) is 6.07 Å². The van der Waals surface area contributed by atoms with Crippen LogP contribution in [0.2, 0.25) is 0 Å². The number of rotatable bonds is 5. The van der Waals surface area contributed by atoms with Crippen LogP contribution in [0.1, 0.15) is 5.69 Å². The number of carbonyl (C=O) groups excluding carboxylic acids is 1. The first-order chi connectivity index (χ1) is 13.5. The molecule has 0 saturated carbocycles. The normalized spacial score (nSPS) is 10.4. The number of pyridine rings is 1. The van der Waals surface area contributed by atoms with Crippen LogP contribution in [0.15, 0.2) is 41.2 Å². The zero-order valence-electron chi connectivity index (χ0n) is 16.0. The van der Waals surface area contributed by atoms with Gasteiger partial charge >= 0.3 is 6.03 Å². The monoisotopic (exact) mass is 383 g/mol. The molecule has 2 aromatic carbocycles. The first kappa shape index (κ1) is 19.1. The van der Waals surface area contributed by atoms with E-state index in [9.17, 15) is 9.59 Å². The Bertz CT molecular complexity index is 1090. The minimum Gasteiger partial charge on any atom is -0.497 e. The van der Waals surface area contributed by atoms with E-state index in [0.717, 1.165) is 0 Å². The molecule has 1 heterocycles. The van der Waals surface area contributed by atoms with Crippen LogP contribution in [-0.4, -0.2) is 32.3 Å². The molecule has 0 spiro atoms. The molecule has 0 bridgehead atoms. The van der Waals surface area contributed by atoms with Crippen LogP contribution in [-0.2, 0) is 0 Å².